The molecule has 2 aromatic rings. The van der Waals surface area contributed by atoms with Crippen LogP contribution in [0.3, 0.4) is 0 Å². The van der Waals surface area contributed by atoms with Crippen molar-refractivity contribution in [3.05, 3.63) is 77.1 Å². The Bertz CT molecular complexity index is 892. The highest BCUT2D eigenvalue weighted by Crippen LogP contribution is 2.40. The monoisotopic (exact) mass is 381 g/mol. The molecular formula is C23H24FNO3. The van der Waals surface area contributed by atoms with Gasteiger partial charge in [0.15, 0.2) is 0 Å². The van der Waals surface area contributed by atoms with Gasteiger partial charge in [0, 0.05) is 17.7 Å². The molecule has 146 valence electrons. The first-order valence-corrected chi connectivity index (χ1v) is 9.64. The maximum atomic E-state index is 14.6. The molecule has 3 rings (SSSR count). The molecule has 28 heavy (non-hydrogen) atoms. The van der Waals surface area contributed by atoms with Gasteiger partial charge in [-0.2, -0.15) is 0 Å². The number of ketones is 1. The van der Waals surface area contributed by atoms with Crippen LogP contribution in [-0.4, -0.2) is 28.2 Å². The van der Waals surface area contributed by atoms with Crippen LogP contribution in [0.4, 0.5) is 4.39 Å². The molecule has 1 aliphatic rings. The second-order valence-electron chi connectivity index (χ2n) is 6.94. The van der Waals surface area contributed by atoms with Gasteiger partial charge in [-0.3, -0.25) is 9.59 Å². The summed E-state index contributed by atoms with van der Waals surface area (Å²) in [5.74, 6) is -2.25. The van der Waals surface area contributed by atoms with E-state index in [4.69, 9.17) is 0 Å². The fraction of sp³-hybridized carbons (Fsp3) is 0.304. The molecule has 5 heteroatoms. The highest BCUT2D eigenvalue weighted by molar-refractivity contribution is 6.46. The Balaban J connectivity index is 2.08. The molecule has 0 unspecified atom stereocenters. The topological polar surface area (TPSA) is 57.6 Å². The molecule has 0 bridgehead atoms. The van der Waals surface area contributed by atoms with Gasteiger partial charge in [-0.05, 0) is 12.5 Å². The molecule has 0 radical (unpaired) electrons. The molecule has 0 saturated carbocycles. The lowest BCUT2D eigenvalue weighted by Crippen LogP contribution is -2.31. The number of carbonyl (C=O) groups is 2. The molecule has 1 heterocycles. The summed E-state index contributed by atoms with van der Waals surface area (Å²) in [5, 5.41) is 10.8. The highest BCUT2D eigenvalue weighted by Gasteiger charge is 2.46. The fourth-order valence-electron chi connectivity index (χ4n) is 3.59. The molecule has 0 aromatic heterocycles. The van der Waals surface area contributed by atoms with Crippen molar-refractivity contribution in [2.45, 2.75) is 38.6 Å². The summed E-state index contributed by atoms with van der Waals surface area (Å²) in [6.45, 7) is 2.43. The predicted molar refractivity (Wildman–Crippen MR) is 106 cm³/mol. The van der Waals surface area contributed by atoms with Crippen LogP contribution in [0.5, 0.6) is 0 Å². The van der Waals surface area contributed by atoms with E-state index >= 15 is 0 Å². The van der Waals surface area contributed by atoms with Crippen molar-refractivity contribution >= 4 is 17.4 Å². The van der Waals surface area contributed by atoms with Crippen molar-refractivity contribution in [2.24, 2.45) is 0 Å². The summed E-state index contributed by atoms with van der Waals surface area (Å²) in [6.07, 6.45) is 3.71. The van der Waals surface area contributed by atoms with Crippen LogP contribution < -0.4 is 0 Å². The Hall–Kier alpha value is -2.95. The van der Waals surface area contributed by atoms with Gasteiger partial charge in [0.2, 0.25) is 0 Å². The van der Waals surface area contributed by atoms with E-state index in [2.05, 4.69) is 6.92 Å². The van der Waals surface area contributed by atoms with Gasteiger partial charge in [0.25, 0.3) is 11.7 Å². The molecule has 4 nitrogen and oxygen atoms in total. The Morgan fingerprint density at radius 2 is 1.68 bits per heavy atom. The van der Waals surface area contributed by atoms with E-state index in [1.54, 1.807) is 48.5 Å². The molecule has 0 aliphatic carbocycles. The normalized spacial score (nSPS) is 18.6. The number of benzene rings is 2. The number of amides is 1. The van der Waals surface area contributed by atoms with Gasteiger partial charge in [-0.15, -0.1) is 0 Å². The minimum Gasteiger partial charge on any atom is -0.507 e. The van der Waals surface area contributed by atoms with E-state index in [1.165, 1.54) is 11.0 Å². The molecule has 1 aliphatic heterocycles. The molecule has 1 fully saturated rings. The lowest BCUT2D eigenvalue weighted by molar-refractivity contribution is -0.140. The van der Waals surface area contributed by atoms with Crippen LogP contribution in [0.25, 0.3) is 5.76 Å². The Kier molecular flexibility index (Phi) is 6.24. The molecule has 2 aromatic carbocycles. The zero-order valence-electron chi connectivity index (χ0n) is 15.9. The molecule has 1 N–H and O–H groups in total. The lowest BCUT2D eigenvalue weighted by Gasteiger charge is -2.25. The Morgan fingerprint density at radius 3 is 2.36 bits per heavy atom. The number of hydrogen-bond acceptors (Lipinski definition) is 3. The summed E-state index contributed by atoms with van der Waals surface area (Å²) in [5.41, 5.74) is 0.583. The number of unbranched alkanes of at least 4 members (excludes halogenated alkanes) is 3. The smallest absolute Gasteiger partial charge is 0.295 e. The van der Waals surface area contributed by atoms with E-state index in [-0.39, 0.29) is 16.9 Å². The van der Waals surface area contributed by atoms with Crippen molar-refractivity contribution in [1.82, 2.24) is 4.90 Å². The van der Waals surface area contributed by atoms with Crippen LogP contribution in [0, 0.1) is 5.82 Å². The first-order valence-electron chi connectivity index (χ1n) is 9.64. The van der Waals surface area contributed by atoms with Crippen molar-refractivity contribution in [1.29, 1.82) is 0 Å². The minimum atomic E-state index is -0.928. The van der Waals surface area contributed by atoms with Gasteiger partial charge in [-0.25, -0.2) is 4.39 Å². The van der Waals surface area contributed by atoms with Crippen molar-refractivity contribution < 1.29 is 19.1 Å². The summed E-state index contributed by atoms with van der Waals surface area (Å²) in [7, 11) is 0. The molecule has 1 amide bonds. The number of halogens is 1. The molecular weight excluding hydrogens is 357 g/mol. The lowest BCUT2D eigenvalue weighted by atomic mass is 9.95. The first-order chi connectivity index (χ1) is 13.6. The number of Topliss-reactive ketones (excluding diaryl/α,β-unsaturated/α-hetero) is 1. The second kappa shape index (κ2) is 8.83. The van der Waals surface area contributed by atoms with E-state index in [1.807, 2.05) is 0 Å². The van der Waals surface area contributed by atoms with Gasteiger partial charge in [0.05, 0.1) is 11.6 Å². The van der Waals surface area contributed by atoms with Crippen molar-refractivity contribution in [3.8, 4) is 0 Å². The SMILES string of the molecule is CCCCCCN1C(=O)C(=O)C(=C(O)c2ccccc2)[C@@H]1c1ccccc1F. The number of likely N-dealkylation sites (tertiary alicyclic amines) is 1. The number of carbonyl (C=O) groups excluding carboxylic acids is 2. The van der Waals surface area contributed by atoms with Crippen LogP contribution >= 0.6 is 0 Å². The third kappa shape index (κ3) is 3.84. The van der Waals surface area contributed by atoms with Gasteiger partial charge >= 0.3 is 0 Å². The fourth-order valence-corrected chi connectivity index (χ4v) is 3.59. The Labute approximate surface area is 164 Å². The third-order valence-electron chi connectivity index (χ3n) is 5.04. The highest BCUT2D eigenvalue weighted by atomic mass is 19.1. The van der Waals surface area contributed by atoms with Gasteiger partial charge in [0.1, 0.15) is 11.6 Å². The summed E-state index contributed by atoms with van der Waals surface area (Å²) < 4.78 is 14.6. The largest absolute Gasteiger partial charge is 0.507 e. The molecule has 1 saturated heterocycles. The van der Waals surface area contributed by atoms with Crippen LogP contribution in [-0.2, 0) is 9.59 Å². The Morgan fingerprint density at radius 1 is 1.00 bits per heavy atom. The first kappa shape index (κ1) is 19.8. The van der Waals surface area contributed by atoms with E-state index in [0.29, 0.717) is 12.1 Å². The molecule has 0 spiro atoms. The zero-order valence-corrected chi connectivity index (χ0v) is 15.9. The summed E-state index contributed by atoms with van der Waals surface area (Å²) in [4.78, 5) is 26.9. The second-order valence-corrected chi connectivity index (χ2v) is 6.94. The van der Waals surface area contributed by atoms with E-state index in [0.717, 1.165) is 25.7 Å². The summed E-state index contributed by atoms with van der Waals surface area (Å²) >= 11 is 0. The number of aliphatic hydroxyl groups is 1. The number of hydrogen-bond donors (Lipinski definition) is 1. The summed E-state index contributed by atoms with van der Waals surface area (Å²) in [6, 6.07) is 13.7. The number of rotatable bonds is 7. The average Bonchev–Trinajstić information content (AvgIpc) is 2.96. The van der Waals surface area contributed by atoms with E-state index < -0.39 is 23.5 Å². The zero-order chi connectivity index (χ0) is 20.1. The van der Waals surface area contributed by atoms with Gasteiger partial charge < -0.3 is 10.0 Å². The minimum absolute atomic E-state index is 0.0585. The third-order valence-corrected chi connectivity index (χ3v) is 5.04. The quantitative estimate of drug-likeness (QED) is 0.323. The maximum Gasteiger partial charge on any atom is 0.295 e. The predicted octanol–water partition coefficient (Wildman–Crippen LogP) is 4.83. The number of aliphatic hydroxyl groups excluding tert-OH is 1. The standard InChI is InChI=1S/C23H24FNO3/c1-2-3-4-10-15-25-20(17-13-8-9-14-18(17)24)19(22(27)23(25)28)21(26)16-11-6-5-7-12-16/h5-9,11-14,20,26H,2-4,10,15H2,1H3/t20-/m0/s1. The number of nitrogens with zero attached hydrogens (tertiary/aromatic N) is 1. The average molecular weight is 381 g/mol. The van der Waals surface area contributed by atoms with Crippen molar-refractivity contribution in [2.75, 3.05) is 6.54 Å². The van der Waals surface area contributed by atoms with E-state index in [9.17, 15) is 19.1 Å². The van der Waals surface area contributed by atoms with Crippen LogP contribution in [0.1, 0.15) is 49.8 Å². The van der Waals surface area contributed by atoms with Gasteiger partial charge in [-0.1, -0.05) is 74.7 Å². The maximum absolute atomic E-state index is 14.6. The van der Waals surface area contributed by atoms with Crippen LogP contribution in [0.2, 0.25) is 0 Å². The van der Waals surface area contributed by atoms with Crippen LogP contribution in [0.15, 0.2) is 60.2 Å². The van der Waals surface area contributed by atoms with Crippen molar-refractivity contribution in [3.63, 3.8) is 0 Å². The molecule has 1 atom stereocenters.